The van der Waals surface area contributed by atoms with Crippen molar-refractivity contribution in [1.82, 2.24) is 15.0 Å². The van der Waals surface area contributed by atoms with E-state index in [1.54, 1.807) is 23.1 Å². The Morgan fingerprint density at radius 3 is 2.47 bits per heavy atom. The Morgan fingerprint density at radius 2 is 1.78 bits per heavy atom. The van der Waals surface area contributed by atoms with E-state index in [0.29, 0.717) is 48.8 Å². The molecule has 1 aliphatic rings. The zero-order chi connectivity index (χ0) is 22.1. The number of carbonyl (C=O) groups is 1. The summed E-state index contributed by atoms with van der Waals surface area (Å²) < 4.78 is 5.54. The average Bonchev–Trinajstić information content (AvgIpc) is 3.27. The van der Waals surface area contributed by atoms with Gasteiger partial charge in [-0.3, -0.25) is 14.9 Å². The lowest BCUT2D eigenvalue weighted by Crippen LogP contribution is -2.49. The Bertz CT molecular complexity index is 1280. The van der Waals surface area contributed by atoms with Gasteiger partial charge in [-0.25, -0.2) is 4.98 Å². The van der Waals surface area contributed by atoms with E-state index >= 15 is 0 Å². The molecule has 0 saturated carbocycles. The summed E-state index contributed by atoms with van der Waals surface area (Å²) in [5.41, 5.74) is 2.15. The van der Waals surface area contributed by atoms with E-state index in [4.69, 9.17) is 4.52 Å². The SMILES string of the molecule is O=C(c1ccc2noc(-c3ccccc3)c2c1)N1CCN(c2ccc([N+](=O)[O-])cn2)CC1. The van der Waals surface area contributed by atoms with Crippen LogP contribution in [0.15, 0.2) is 71.4 Å². The molecule has 0 spiro atoms. The van der Waals surface area contributed by atoms with Gasteiger partial charge < -0.3 is 14.3 Å². The maximum absolute atomic E-state index is 13.1. The third-order valence-electron chi connectivity index (χ3n) is 5.59. The first-order valence-electron chi connectivity index (χ1n) is 10.2. The fourth-order valence-corrected chi connectivity index (χ4v) is 3.87. The number of anilines is 1. The van der Waals surface area contributed by atoms with Gasteiger partial charge in [0.2, 0.25) is 0 Å². The molecule has 0 bridgehead atoms. The zero-order valence-electron chi connectivity index (χ0n) is 17.0. The topological polar surface area (TPSA) is 106 Å². The molecule has 0 aliphatic carbocycles. The number of carbonyl (C=O) groups excluding carboxylic acids is 1. The van der Waals surface area contributed by atoms with E-state index in [-0.39, 0.29) is 11.6 Å². The second-order valence-electron chi connectivity index (χ2n) is 7.52. The number of hydrogen-bond acceptors (Lipinski definition) is 7. The van der Waals surface area contributed by atoms with Crippen LogP contribution in [0.4, 0.5) is 11.5 Å². The maximum Gasteiger partial charge on any atom is 0.287 e. The molecule has 9 nitrogen and oxygen atoms in total. The summed E-state index contributed by atoms with van der Waals surface area (Å²) in [7, 11) is 0. The molecule has 9 heteroatoms. The van der Waals surface area contributed by atoms with Gasteiger partial charge in [0.1, 0.15) is 17.5 Å². The van der Waals surface area contributed by atoms with Gasteiger partial charge in [0, 0.05) is 43.4 Å². The fourth-order valence-electron chi connectivity index (χ4n) is 3.87. The van der Waals surface area contributed by atoms with Gasteiger partial charge in [-0.2, -0.15) is 0 Å². The van der Waals surface area contributed by atoms with Crippen LogP contribution in [0, 0.1) is 10.1 Å². The van der Waals surface area contributed by atoms with Crippen molar-refractivity contribution in [3.8, 4) is 11.3 Å². The van der Waals surface area contributed by atoms with Crippen LogP contribution >= 0.6 is 0 Å². The smallest absolute Gasteiger partial charge is 0.287 e. The summed E-state index contributed by atoms with van der Waals surface area (Å²) in [6, 6.07) is 18.2. The molecule has 5 rings (SSSR count). The van der Waals surface area contributed by atoms with Crippen molar-refractivity contribution in [2.24, 2.45) is 0 Å². The molecule has 0 atom stereocenters. The Kier molecular flexibility index (Phi) is 4.98. The Hall–Kier alpha value is -4.27. The molecular weight excluding hydrogens is 410 g/mol. The second-order valence-corrected chi connectivity index (χ2v) is 7.52. The monoisotopic (exact) mass is 429 g/mol. The predicted octanol–water partition coefficient (Wildman–Crippen LogP) is 3.76. The van der Waals surface area contributed by atoms with Crippen LogP contribution in [-0.4, -0.2) is 52.1 Å². The minimum Gasteiger partial charge on any atom is -0.355 e. The summed E-state index contributed by atoms with van der Waals surface area (Å²) in [5.74, 6) is 1.26. The predicted molar refractivity (Wildman–Crippen MR) is 118 cm³/mol. The highest BCUT2D eigenvalue weighted by atomic mass is 16.6. The Morgan fingerprint density at radius 1 is 1.00 bits per heavy atom. The van der Waals surface area contributed by atoms with Crippen molar-refractivity contribution in [1.29, 1.82) is 0 Å². The van der Waals surface area contributed by atoms with Crippen LogP contribution in [0.2, 0.25) is 0 Å². The zero-order valence-corrected chi connectivity index (χ0v) is 17.0. The largest absolute Gasteiger partial charge is 0.355 e. The molecule has 4 aromatic rings. The lowest BCUT2D eigenvalue weighted by atomic mass is 10.1. The number of nitro groups is 1. The molecule has 0 unspecified atom stereocenters. The van der Waals surface area contributed by atoms with Gasteiger partial charge in [-0.15, -0.1) is 0 Å². The number of piperazine rings is 1. The highest BCUT2D eigenvalue weighted by Gasteiger charge is 2.24. The normalized spacial score (nSPS) is 14.0. The van der Waals surface area contributed by atoms with E-state index in [1.165, 1.54) is 12.3 Å². The van der Waals surface area contributed by atoms with Crippen molar-refractivity contribution in [2.75, 3.05) is 31.1 Å². The van der Waals surface area contributed by atoms with Crippen LogP contribution in [0.25, 0.3) is 22.2 Å². The van der Waals surface area contributed by atoms with Crippen molar-refractivity contribution >= 4 is 28.3 Å². The molecule has 1 saturated heterocycles. The van der Waals surface area contributed by atoms with Crippen LogP contribution in [-0.2, 0) is 0 Å². The number of nitrogens with zero attached hydrogens (tertiary/aromatic N) is 5. The van der Waals surface area contributed by atoms with Gasteiger partial charge in [-0.05, 0) is 24.3 Å². The molecule has 1 fully saturated rings. The Balaban J connectivity index is 1.31. The van der Waals surface area contributed by atoms with Crippen LogP contribution in [0.1, 0.15) is 10.4 Å². The van der Waals surface area contributed by atoms with Gasteiger partial charge in [0.05, 0.1) is 10.3 Å². The van der Waals surface area contributed by atoms with E-state index in [2.05, 4.69) is 10.1 Å². The molecule has 0 N–H and O–H groups in total. The summed E-state index contributed by atoms with van der Waals surface area (Å²) in [4.78, 5) is 31.5. The first kappa shape index (κ1) is 19.7. The molecule has 2 aromatic heterocycles. The lowest BCUT2D eigenvalue weighted by molar-refractivity contribution is -0.385. The van der Waals surface area contributed by atoms with E-state index < -0.39 is 4.92 Å². The number of rotatable bonds is 4. The van der Waals surface area contributed by atoms with Crippen LogP contribution in [0.5, 0.6) is 0 Å². The molecule has 32 heavy (non-hydrogen) atoms. The molecule has 1 amide bonds. The molecular formula is C23H19N5O4. The number of pyridine rings is 1. The summed E-state index contributed by atoms with van der Waals surface area (Å²) in [6.07, 6.45) is 1.26. The minimum atomic E-state index is -0.469. The number of fused-ring (bicyclic) bond motifs is 1. The van der Waals surface area contributed by atoms with E-state index in [9.17, 15) is 14.9 Å². The summed E-state index contributed by atoms with van der Waals surface area (Å²) in [5, 5.41) is 15.7. The number of amides is 1. The van der Waals surface area contributed by atoms with Crippen molar-refractivity contribution in [3.63, 3.8) is 0 Å². The van der Waals surface area contributed by atoms with E-state index in [1.807, 2.05) is 41.3 Å². The van der Waals surface area contributed by atoms with Gasteiger partial charge in [0.15, 0.2) is 5.76 Å². The first-order valence-corrected chi connectivity index (χ1v) is 10.2. The summed E-state index contributed by atoms with van der Waals surface area (Å²) >= 11 is 0. The molecule has 1 aliphatic heterocycles. The average molecular weight is 429 g/mol. The first-order chi connectivity index (χ1) is 15.6. The quantitative estimate of drug-likeness (QED) is 0.359. The molecule has 0 radical (unpaired) electrons. The third kappa shape index (κ3) is 3.64. The summed E-state index contributed by atoms with van der Waals surface area (Å²) in [6.45, 7) is 2.26. The van der Waals surface area contributed by atoms with Crippen molar-refractivity contribution in [3.05, 3.63) is 82.5 Å². The highest BCUT2D eigenvalue weighted by molar-refractivity contribution is 6.01. The molecule has 3 heterocycles. The maximum atomic E-state index is 13.1. The highest BCUT2D eigenvalue weighted by Crippen LogP contribution is 2.29. The third-order valence-corrected chi connectivity index (χ3v) is 5.59. The molecule has 2 aromatic carbocycles. The number of hydrogen-bond donors (Lipinski definition) is 0. The van der Waals surface area contributed by atoms with Gasteiger partial charge in [-0.1, -0.05) is 35.5 Å². The minimum absolute atomic E-state index is 0.0402. The molecule has 160 valence electrons. The second kappa shape index (κ2) is 8.10. The van der Waals surface area contributed by atoms with E-state index in [0.717, 1.165) is 10.9 Å². The van der Waals surface area contributed by atoms with Gasteiger partial charge >= 0.3 is 0 Å². The van der Waals surface area contributed by atoms with Crippen molar-refractivity contribution < 1.29 is 14.2 Å². The Labute approximate surface area is 183 Å². The van der Waals surface area contributed by atoms with Crippen LogP contribution < -0.4 is 4.90 Å². The van der Waals surface area contributed by atoms with Gasteiger partial charge in [0.25, 0.3) is 11.6 Å². The van der Waals surface area contributed by atoms with Crippen molar-refractivity contribution in [2.45, 2.75) is 0 Å². The standard InChI is InChI=1S/C23H19N5O4/c29-23(27-12-10-26(11-13-27)21-9-7-18(15-24-21)28(30)31)17-6-8-20-19(14-17)22(32-25-20)16-4-2-1-3-5-16/h1-9,14-15H,10-13H2. The van der Waals surface area contributed by atoms with Crippen LogP contribution in [0.3, 0.4) is 0 Å². The fraction of sp³-hybridized carbons (Fsp3) is 0.174. The number of aromatic nitrogens is 2. The lowest BCUT2D eigenvalue weighted by Gasteiger charge is -2.35. The number of benzene rings is 2.